The van der Waals surface area contributed by atoms with E-state index in [1.54, 1.807) is 45.0 Å². The van der Waals surface area contributed by atoms with Crippen LogP contribution in [0.4, 0.5) is 21.0 Å². The lowest BCUT2D eigenvalue weighted by Gasteiger charge is -2.28. The number of hydrogen-bond acceptors (Lipinski definition) is 5. The van der Waals surface area contributed by atoms with Crippen LogP contribution in [-0.4, -0.2) is 62.4 Å². The van der Waals surface area contributed by atoms with Gasteiger partial charge < -0.3 is 26.0 Å². The van der Waals surface area contributed by atoms with E-state index < -0.39 is 47.5 Å². The van der Waals surface area contributed by atoms with Crippen LogP contribution in [0, 0.1) is 12.8 Å². The number of aliphatic carboxylic acids is 1. The average Bonchev–Trinajstić information content (AvgIpc) is 3.03. The fourth-order valence-electron chi connectivity index (χ4n) is 4.71. The molecule has 11 nitrogen and oxygen atoms in total. The summed E-state index contributed by atoms with van der Waals surface area (Å²) >= 11 is 0. The number of hydrogen-bond donors (Lipinski definition) is 4. The Morgan fingerprint density at radius 1 is 0.951 bits per heavy atom. The predicted molar refractivity (Wildman–Crippen MR) is 155 cm³/mol. The van der Waals surface area contributed by atoms with Crippen molar-refractivity contribution >= 4 is 41.2 Å². The molecule has 0 bridgehead atoms. The van der Waals surface area contributed by atoms with E-state index in [-0.39, 0.29) is 25.3 Å². The number of amides is 6. The molecule has 220 valence electrons. The van der Waals surface area contributed by atoms with E-state index >= 15 is 0 Å². The van der Waals surface area contributed by atoms with Gasteiger partial charge in [-0.1, -0.05) is 44.2 Å². The Morgan fingerprint density at radius 2 is 1.59 bits per heavy atom. The normalized spacial score (nSPS) is 16.0. The molecule has 2 aromatic carbocycles. The van der Waals surface area contributed by atoms with Gasteiger partial charge in [-0.3, -0.25) is 14.4 Å². The van der Waals surface area contributed by atoms with Crippen LogP contribution in [0.15, 0.2) is 48.5 Å². The molecule has 2 atom stereocenters. The van der Waals surface area contributed by atoms with Crippen molar-refractivity contribution in [1.29, 1.82) is 0 Å². The van der Waals surface area contributed by atoms with E-state index in [4.69, 9.17) is 5.11 Å². The molecule has 0 unspecified atom stereocenters. The van der Waals surface area contributed by atoms with Gasteiger partial charge in [0.2, 0.25) is 5.91 Å². The van der Waals surface area contributed by atoms with Gasteiger partial charge in [0.15, 0.2) is 0 Å². The van der Waals surface area contributed by atoms with Gasteiger partial charge in [-0.2, -0.15) is 0 Å². The van der Waals surface area contributed by atoms with E-state index in [0.717, 1.165) is 16.0 Å². The Morgan fingerprint density at radius 3 is 2.17 bits per heavy atom. The van der Waals surface area contributed by atoms with Crippen molar-refractivity contribution in [2.75, 3.05) is 10.6 Å². The van der Waals surface area contributed by atoms with E-state index in [0.29, 0.717) is 11.4 Å². The standard InChI is InChI=1S/C30H39N5O6/c1-18(2)15-24(26(38)31-20(4)16-25(36)37)35-27(39)30(5,6)34(29(35)41)17-21-11-13-22(14-12-21)32-28(40)33-23-10-8-7-9-19(23)3/h7-14,18,20,24H,15-17H2,1-6H3,(H,31,38)(H,36,37)(H2,32,33,40)/t20-,24+/m1/s1. The summed E-state index contributed by atoms with van der Waals surface area (Å²) in [6.45, 7) is 10.6. The van der Waals surface area contributed by atoms with Crippen molar-refractivity contribution in [1.82, 2.24) is 15.1 Å². The molecule has 0 spiro atoms. The first-order valence-electron chi connectivity index (χ1n) is 13.6. The number of nitrogens with one attached hydrogen (secondary N) is 3. The van der Waals surface area contributed by atoms with E-state index in [1.165, 1.54) is 4.90 Å². The molecule has 1 fully saturated rings. The highest BCUT2D eigenvalue weighted by Crippen LogP contribution is 2.33. The van der Waals surface area contributed by atoms with Crippen molar-refractivity contribution in [3.63, 3.8) is 0 Å². The lowest BCUT2D eigenvalue weighted by atomic mass is 9.99. The minimum atomic E-state index is -1.22. The number of benzene rings is 2. The number of carbonyl (C=O) groups is 5. The minimum absolute atomic E-state index is 0.0126. The number of nitrogens with zero attached hydrogens (tertiary/aromatic N) is 2. The average molecular weight is 566 g/mol. The lowest BCUT2D eigenvalue weighted by molar-refractivity contribution is -0.140. The first-order valence-corrected chi connectivity index (χ1v) is 13.6. The van der Waals surface area contributed by atoms with Gasteiger partial charge in [-0.25, -0.2) is 14.5 Å². The third-order valence-electron chi connectivity index (χ3n) is 6.98. The molecule has 0 aromatic heterocycles. The van der Waals surface area contributed by atoms with Crippen molar-refractivity contribution in [3.8, 4) is 0 Å². The Hall–Kier alpha value is -4.41. The molecule has 1 aliphatic heterocycles. The Kier molecular flexibility index (Phi) is 9.75. The zero-order chi connectivity index (χ0) is 30.5. The largest absolute Gasteiger partial charge is 0.481 e. The minimum Gasteiger partial charge on any atom is -0.481 e. The van der Waals surface area contributed by atoms with Crippen LogP contribution in [-0.2, 0) is 20.9 Å². The van der Waals surface area contributed by atoms with E-state index in [9.17, 15) is 24.0 Å². The molecule has 11 heteroatoms. The summed E-state index contributed by atoms with van der Waals surface area (Å²) < 4.78 is 0. The Balaban J connectivity index is 1.73. The maximum Gasteiger partial charge on any atom is 0.328 e. The predicted octanol–water partition coefficient (Wildman–Crippen LogP) is 4.58. The molecule has 6 amide bonds. The van der Waals surface area contributed by atoms with Crippen molar-refractivity contribution in [3.05, 3.63) is 59.7 Å². The fraction of sp³-hybridized carbons (Fsp3) is 0.433. The topological polar surface area (TPSA) is 148 Å². The van der Waals surface area contributed by atoms with Crippen LogP contribution in [0.2, 0.25) is 0 Å². The molecule has 3 rings (SSSR count). The van der Waals surface area contributed by atoms with E-state index in [1.807, 2.05) is 45.0 Å². The molecular formula is C30H39N5O6. The molecule has 4 N–H and O–H groups in total. The number of imide groups is 1. The molecule has 0 aliphatic carbocycles. The van der Waals surface area contributed by atoms with Crippen LogP contribution >= 0.6 is 0 Å². The van der Waals surface area contributed by atoms with Crippen LogP contribution in [0.3, 0.4) is 0 Å². The van der Waals surface area contributed by atoms with Gasteiger partial charge in [-0.15, -0.1) is 0 Å². The summed E-state index contributed by atoms with van der Waals surface area (Å²) in [6.07, 6.45) is -0.0456. The number of aryl methyl sites for hydroxylation is 1. The second kappa shape index (κ2) is 12.8. The summed E-state index contributed by atoms with van der Waals surface area (Å²) in [5.41, 5.74) is 1.69. The van der Waals surface area contributed by atoms with E-state index in [2.05, 4.69) is 16.0 Å². The highest BCUT2D eigenvalue weighted by Gasteiger charge is 2.54. The highest BCUT2D eigenvalue weighted by molar-refractivity contribution is 6.09. The number of rotatable bonds is 11. The zero-order valence-electron chi connectivity index (χ0n) is 24.4. The molecule has 0 saturated carbocycles. The van der Waals surface area contributed by atoms with Gasteiger partial charge in [0.1, 0.15) is 11.6 Å². The molecule has 1 saturated heterocycles. The van der Waals surface area contributed by atoms with Crippen molar-refractivity contribution in [2.24, 2.45) is 5.92 Å². The maximum atomic E-state index is 13.6. The summed E-state index contributed by atoms with van der Waals surface area (Å²) in [7, 11) is 0. The molecular weight excluding hydrogens is 526 g/mol. The van der Waals surface area contributed by atoms with Crippen LogP contribution in [0.1, 0.15) is 58.6 Å². The fourth-order valence-corrected chi connectivity index (χ4v) is 4.71. The lowest BCUT2D eigenvalue weighted by Crippen LogP contribution is -2.53. The number of para-hydroxylation sites is 1. The first-order chi connectivity index (χ1) is 19.2. The quantitative estimate of drug-likeness (QED) is 0.293. The molecule has 1 heterocycles. The van der Waals surface area contributed by atoms with Gasteiger partial charge in [0, 0.05) is 24.0 Å². The molecule has 1 aliphatic rings. The summed E-state index contributed by atoms with van der Waals surface area (Å²) in [5, 5.41) is 17.3. The summed E-state index contributed by atoms with van der Waals surface area (Å²) in [4.78, 5) is 66.2. The maximum absolute atomic E-state index is 13.6. The first kappa shape index (κ1) is 31.1. The number of urea groups is 2. The SMILES string of the molecule is Cc1ccccc1NC(=O)Nc1ccc(CN2C(=O)N([C@@H](CC(C)C)C(=O)N[C@H](C)CC(=O)O)C(=O)C2(C)C)cc1. The smallest absolute Gasteiger partial charge is 0.328 e. The number of anilines is 2. The zero-order valence-corrected chi connectivity index (χ0v) is 24.4. The number of carboxylic acids is 1. The van der Waals surface area contributed by atoms with Crippen molar-refractivity contribution < 1.29 is 29.1 Å². The molecule has 41 heavy (non-hydrogen) atoms. The van der Waals surface area contributed by atoms with Gasteiger partial charge in [-0.05, 0) is 69.4 Å². The van der Waals surface area contributed by atoms with Crippen molar-refractivity contribution in [2.45, 2.75) is 78.6 Å². The van der Waals surface area contributed by atoms with Gasteiger partial charge in [0.25, 0.3) is 5.91 Å². The Labute approximate surface area is 240 Å². The second-order valence-corrected chi connectivity index (χ2v) is 11.3. The highest BCUT2D eigenvalue weighted by atomic mass is 16.4. The number of carboxylic acid groups (broad SMARTS) is 1. The Bertz CT molecular complexity index is 1310. The van der Waals surface area contributed by atoms with Crippen LogP contribution in [0.25, 0.3) is 0 Å². The number of carbonyl (C=O) groups excluding carboxylic acids is 4. The second-order valence-electron chi connectivity index (χ2n) is 11.3. The third-order valence-corrected chi connectivity index (χ3v) is 6.98. The third kappa shape index (κ3) is 7.62. The van der Waals surface area contributed by atoms with Gasteiger partial charge in [0.05, 0.1) is 6.42 Å². The molecule has 0 radical (unpaired) electrons. The monoisotopic (exact) mass is 565 g/mol. The van der Waals surface area contributed by atoms with Gasteiger partial charge >= 0.3 is 18.0 Å². The van der Waals surface area contributed by atoms with Crippen LogP contribution < -0.4 is 16.0 Å². The molecule has 2 aromatic rings. The van der Waals surface area contributed by atoms with Crippen LogP contribution in [0.5, 0.6) is 0 Å². The summed E-state index contributed by atoms with van der Waals surface area (Å²) in [6, 6.07) is 11.6. The summed E-state index contributed by atoms with van der Waals surface area (Å²) in [5.74, 6) is -2.14.